The van der Waals surface area contributed by atoms with E-state index in [0.29, 0.717) is 6.61 Å². The van der Waals surface area contributed by atoms with Gasteiger partial charge in [-0.05, 0) is 58.0 Å². The Morgan fingerprint density at radius 1 is 1.30 bits per heavy atom. The average molecular weight is 400 g/mol. The first-order chi connectivity index (χ1) is 12.4. The van der Waals surface area contributed by atoms with Crippen molar-refractivity contribution in [1.82, 2.24) is 9.80 Å². The van der Waals surface area contributed by atoms with Crippen LogP contribution in [0, 0.1) is 0 Å². The molecule has 152 valence electrons. The summed E-state index contributed by atoms with van der Waals surface area (Å²) in [5.41, 5.74) is 0.751. The standard InChI is InChI=1S/C19H29N3O4.ClH/c1-4-26-17-7-5-15(6-8-17)20-19(25)14(2)22-11-9-16(10-12-22)21(3)13-18(23)24;/h5-8,14,16H,4,9-13H2,1-3H3,(H,20,25)(H,23,24);1H. The molecule has 8 heteroatoms. The molecule has 1 unspecified atom stereocenters. The fourth-order valence-electron chi connectivity index (χ4n) is 3.27. The molecule has 2 rings (SSSR count). The van der Waals surface area contributed by atoms with E-state index in [1.165, 1.54) is 0 Å². The van der Waals surface area contributed by atoms with Crippen LogP contribution in [0.2, 0.25) is 0 Å². The molecule has 1 heterocycles. The number of benzene rings is 1. The number of rotatable bonds is 8. The number of anilines is 1. The lowest BCUT2D eigenvalue weighted by Gasteiger charge is -2.38. The summed E-state index contributed by atoms with van der Waals surface area (Å²) in [5, 5.41) is 11.8. The fourth-order valence-corrected chi connectivity index (χ4v) is 3.27. The summed E-state index contributed by atoms with van der Waals surface area (Å²) in [4.78, 5) is 27.4. The molecule has 0 spiro atoms. The molecule has 1 fully saturated rings. The molecule has 0 aliphatic carbocycles. The van der Waals surface area contributed by atoms with Gasteiger partial charge >= 0.3 is 5.97 Å². The predicted octanol–water partition coefficient (Wildman–Crippen LogP) is 2.31. The number of hydrogen-bond acceptors (Lipinski definition) is 5. The predicted molar refractivity (Wildman–Crippen MR) is 108 cm³/mol. The number of ether oxygens (including phenoxy) is 1. The monoisotopic (exact) mass is 399 g/mol. The van der Waals surface area contributed by atoms with Crippen molar-refractivity contribution in [2.24, 2.45) is 0 Å². The Hall–Kier alpha value is -1.83. The second-order valence-corrected chi connectivity index (χ2v) is 6.70. The van der Waals surface area contributed by atoms with E-state index in [4.69, 9.17) is 9.84 Å². The van der Waals surface area contributed by atoms with Crippen LogP contribution in [-0.4, -0.2) is 72.2 Å². The van der Waals surface area contributed by atoms with E-state index in [1.807, 2.05) is 50.1 Å². The first kappa shape index (κ1) is 23.2. The zero-order valence-corrected chi connectivity index (χ0v) is 17.0. The zero-order valence-electron chi connectivity index (χ0n) is 16.2. The van der Waals surface area contributed by atoms with Gasteiger partial charge in [0.15, 0.2) is 0 Å². The molecule has 0 aromatic heterocycles. The molecule has 1 aromatic rings. The van der Waals surface area contributed by atoms with Crippen LogP contribution < -0.4 is 10.1 Å². The molecule has 1 aliphatic heterocycles. The SMILES string of the molecule is CCOc1ccc(NC(=O)C(C)N2CCC(N(C)CC(=O)O)CC2)cc1.Cl. The van der Waals surface area contributed by atoms with Crippen LogP contribution in [-0.2, 0) is 9.59 Å². The number of carbonyl (C=O) groups is 2. The van der Waals surface area contributed by atoms with E-state index in [-0.39, 0.29) is 36.9 Å². The van der Waals surface area contributed by atoms with Gasteiger partial charge in [-0.25, -0.2) is 0 Å². The molecule has 0 bridgehead atoms. The number of carboxylic acid groups (broad SMARTS) is 1. The molecule has 1 saturated heterocycles. The van der Waals surface area contributed by atoms with Gasteiger partial charge < -0.3 is 15.2 Å². The number of amides is 1. The maximum atomic E-state index is 12.5. The van der Waals surface area contributed by atoms with Gasteiger partial charge in [-0.3, -0.25) is 19.4 Å². The van der Waals surface area contributed by atoms with Crippen LogP contribution in [0.3, 0.4) is 0 Å². The van der Waals surface area contributed by atoms with E-state index in [1.54, 1.807) is 0 Å². The normalized spacial score (nSPS) is 16.4. The van der Waals surface area contributed by atoms with Crippen LogP contribution in [0.15, 0.2) is 24.3 Å². The van der Waals surface area contributed by atoms with Gasteiger partial charge in [0, 0.05) is 24.8 Å². The molecular weight excluding hydrogens is 370 g/mol. The van der Waals surface area contributed by atoms with Gasteiger partial charge in [0.2, 0.25) is 5.91 Å². The quantitative estimate of drug-likeness (QED) is 0.698. The molecule has 1 amide bonds. The number of aliphatic carboxylic acids is 1. The third-order valence-corrected chi connectivity index (χ3v) is 4.87. The van der Waals surface area contributed by atoms with Gasteiger partial charge in [0.05, 0.1) is 19.2 Å². The van der Waals surface area contributed by atoms with Crippen LogP contribution in [0.4, 0.5) is 5.69 Å². The molecule has 1 aliphatic rings. The summed E-state index contributed by atoms with van der Waals surface area (Å²) >= 11 is 0. The molecule has 7 nitrogen and oxygen atoms in total. The summed E-state index contributed by atoms with van der Waals surface area (Å²) in [6.07, 6.45) is 1.73. The number of carbonyl (C=O) groups excluding carboxylic acids is 1. The van der Waals surface area contributed by atoms with Crippen molar-refractivity contribution < 1.29 is 19.4 Å². The van der Waals surface area contributed by atoms with Crippen molar-refractivity contribution in [2.75, 3.05) is 38.6 Å². The largest absolute Gasteiger partial charge is 0.494 e. The van der Waals surface area contributed by atoms with Gasteiger partial charge in [0.1, 0.15) is 5.75 Å². The van der Waals surface area contributed by atoms with Crippen LogP contribution >= 0.6 is 12.4 Å². The Labute approximate surface area is 167 Å². The van der Waals surface area contributed by atoms with Gasteiger partial charge in [-0.2, -0.15) is 0 Å². The Morgan fingerprint density at radius 3 is 2.41 bits per heavy atom. The highest BCUT2D eigenvalue weighted by Crippen LogP contribution is 2.19. The number of nitrogens with one attached hydrogen (secondary N) is 1. The summed E-state index contributed by atoms with van der Waals surface area (Å²) < 4.78 is 5.40. The maximum absolute atomic E-state index is 12.5. The summed E-state index contributed by atoms with van der Waals surface area (Å²) in [7, 11) is 1.84. The van der Waals surface area contributed by atoms with Crippen molar-refractivity contribution in [3.8, 4) is 5.75 Å². The Bertz CT molecular complexity index is 603. The topological polar surface area (TPSA) is 82.1 Å². The third kappa shape index (κ3) is 7.01. The lowest BCUT2D eigenvalue weighted by molar-refractivity contribution is -0.138. The summed E-state index contributed by atoms with van der Waals surface area (Å²) in [5.74, 6) is -0.0596. The number of likely N-dealkylation sites (N-methyl/N-ethyl adjacent to an activating group) is 1. The van der Waals surface area contributed by atoms with Crippen molar-refractivity contribution in [3.05, 3.63) is 24.3 Å². The van der Waals surface area contributed by atoms with E-state index in [2.05, 4.69) is 10.2 Å². The van der Waals surface area contributed by atoms with Gasteiger partial charge in [-0.15, -0.1) is 12.4 Å². The van der Waals surface area contributed by atoms with Crippen molar-refractivity contribution >= 4 is 30.0 Å². The minimum atomic E-state index is -0.807. The average Bonchev–Trinajstić information content (AvgIpc) is 2.62. The van der Waals surface area contributed by atoms with Crippen LogP contribution in [0.25, 0.3) is 0 Å². The van der Waals surface area contributed by atoms with E-state index < -0.39 is 5.97 Å². The van der Waals surface area contributed by atoms with Gasteiger partial charge in [-0.1, -0.05) is 0 Å². The number of carboxylic acids is 1. The lowest BCUT2D eigenvalue weighted by atomic mass is 10.0. The number of nitrogens with zero attached hydrogens (tertiary/aromatic N) is 2. The van der Waals surface area contributed by atoms with Crippen molar-refractivity contribution in [2.45, 2.75) is 38.8 Å². The van der Waals surface area contributed by atoms with Crippen molar-refractivity contribution in [3.63, 3.8) is 0 Å². The third-order valence-electron chi connectivity index (χ3n) is 4.87. The van der Waals surface area contributed by atoms with Gasteiger partial charge in [0.25, 0.3) is 0 Å². The minimum absolute atomic E-state index is 0. The second-order valence-electron chi connectivity index (χ2n) is 6.70. The van der Waals surface area contributed by atoms with E-state index in [0.717, 1.165) is 37.4 Å². The van der Waals surface area contributed by atoms with Crippen LogP contribution in [0.5, 0.6) is 5.75 Å². The molecule has 1 aromatic carbocycles. The number of halogens is 1. The molecule has 0 saturated carbocycles. The second kappa shape index (κ2) is 11.1. The highest BCUT2D eigenvalue weighted by molar-refractivity contribution is 5.94. The highest BCUT2D eigenvalue weighted by Gasteiger charge is 2.28. The lowest BCUT2D eigenvalue weighted by Crippen LogP contribution is -2.50. The Morgan fingerprint density at radius 2 is 1.89 bits per heavy atom. The molecule has 2 N–H and O–H groups in total. The summed E-state index contributed by atoms with van der Waals surface area (Å²) in [6.45, 7) is 6.07. The number of piperidine rings is 1. The number of likely N-dealkylation sites (tertiary alicyclic amines) is 1. The zero-order chi connectivity index (χ0) is 19.1. The molecule has 0 radical (unpaired) electrons. The summed E-state index contributed by atoms with van der Waals surface area (Å²) in [6, 6.07) is 7.38. The maximum Gasteiger partial charge on any atom is 0.317 e. The van der Waals surface area contributed by atoms with Crippen molar-refractivity contribution in [1.29, 1.82) is 0 Å². The fraction of sp³-hybridized carbons (Fsp3) is 0.579. The molecule has 27 heavy (non-hydrogen) atoms. The first-order valence-corrected chi connectivity index (χ1v) is 9.10. The Balaban J connectivity index is 0.00000364. The molecule has 1 atom stereocenters. The molecular formula is C19H30ClN3O4. The number of hydrogen-bond donors (Lipinski definition) is 2. The Kier molecular flexibility index (Phi) is 9.55. The highest BCUT2D eigenvalue weighted by atomic mass is 35.5. The van der Waals surface area contributed by atoms with Crippen LogP contribution in [0.1, 0.15) is 26.7 Å². The van der Waals surface area contributed by atoms with E-state index in [9.17, 15) is 9.59 Å². The smallest absolute Gasteiger partial charge is 0.317 e. The minimum Gasteiger partial charge on any atom is -0.494 e. The van der Waals surface area contributed by atoms with E-state index >= 15 is 0 Å². The first-order valence-electron chi connectivity index (χ1n) is 9.10.